The molecule has 0 aromatic carbocycles. The van der Waals surface area contributed by atoms with Gasteiger partial charge in [-0.25, -0.2) is 14.6 Å². The normalized spacial score (nSPS) is 11.9. The fraction of sp³-hybridized carbons (Fsp3) is 0.759. The van der Waals surface area contributed by atoms with Crippen LogP contribution in [0.4, 0.5) is 21.4 Å². The molecule has 2 rings (SSSR count). The van der Waals surface area contributed by atoms with E-state index >= 15 is 0 Å². The number of hydrogen-bond donors (Lipinski definition) is 2. The van der Waals surface area contributed by atoms with Crippen molar-refractivity contribution < 1.29 is 32.2 Å². The predicted molar refractivity (Wildman–Crippen MR) is 176 cm³/mol. The largest absolute Gasteiger partial charge is 0.456 e. The maximum absolute atomic E-state index is 12.7. The van der Waals surface area contributed by atoms with E-state index in [9.17, 15) is 9.59 Å². The van der Waals surface area contributed by atoms with Crippen molar-refractivity contribution in [2.45, 2.75) is 104 Å². The van der Waals surface area contributed by atoms with Crippen molar-refractivity contribution in [2.75, 3.05) is 51.2 Å². The zero-order valence-electron chi connectivity index (χ0n) is 26.6. The second kappa shape index (κ2) is 24.0. The Hall–Kier alpha value is -2.33. The van der Waals surface area contributed by atoms with E-state index in [1.165, 1.54) is 55.8 Å². The number of ether oxygens (including phenoxy) is 3. The lowest BCUT2D eigenvalue weighted by Gasteiger charge is -2.19. The molecule has 0 aliphatic rings. The minimum absolute atomic E-state index is 0.115. The van der Waals surface area contributed by atoms with Crippen molar-refractivity contribution in [3.8, 4) is 0 Å². The first-order chi connectivity index (χ1) is 21.5. The van der Waals surface area contributed by atoms with Crippen LogP contribution in [0.15, 0.2) is 6.33 Å². The summed E-state index contributed by atoms with van der Waals surface area (Å²) in [6.45, 7) is 5.57. The minimum Gasteiger partial charge on any atom is -0.456 e. The Kier molecular flexibility index (Phi) is 20.6. The lowest BCUT2D eigenvalue weighted by molar-refractivity contribution is -0.148. The number of imidazole rings is 1. The van der Waals surface area contributed by atoms with E-state index in [1.807, 2.05) is 0 Å². The first kappa shape index (κ1) is 37.9. The number of carbonyl (C=O) groups is 2. The van der Waals surface area contributed by atoms with Crippen molar-refractivity contribution in [1.29, 1.82) is 0 Å². The molecule has 0 aliphatic heterocycles. The van der Waals surface area contributed by atoms with Crippen LogP contribution in [0.3, 0.4) is 0 Å². The molecule has 1 unspecified atom stereocenters. The maximum Gasteiger partial charge on any atom is 0.398 e. The number of aromatic nitrogens is 4. The highest BCUT2D eigenvalue weighted by Crippen LogP contribution is 2.26. The van der Waals surface area contributed by atoms with E-state index in [0.717, 1.165) is 32.1 Å². The maximum atomic E-state index is 12.7. The Morgan fingerprint density at radius 3 is 2.00 bits per heavy atom. The highest BCUT2D eigenvalue weighted by molar-refractivity contribution is 8.09. The van der Waals surface area contributed by atoms with Crippen LogP contribution in [0.1, 0.15) is 104 Å². The summed E-state index contributed by atoms with van der Waals surface area (Å²) in [4.78, 5) is 37.9. The molecule has 0 saturated heterocycles. The SMILES string of the molecule is CCCCCCCCOSC(=O)OCCCOC(OC(=O)SOCCCCCCCC)n1cnc2c(NC)nc(NC)nc21. The summed E-state index contributed by atoms with van der Waals surface area (Å²) in [7, 11) is 3.43. The van der Waals surface area contributed by atoms with Crippen LogP contribution in [0.25, 0.3) is 11.2 Å². The van der Waals surface area contributed by atoms with Gasteiger partial charge >= 0.3 is 10.6 Å². The average Bonchev–Trinajstić information content (AvgIpc) is 3.46. The van der Waals surface area contributed by atoms with E-state index in [0.29, 0.717) is 66.7 Å². The van der Waals surface area contributed by atoms with Crippen LogP contribution in [-0.4, -0.2) is 70.6 Å². The van der Waals surface area contributed by atoms with Gasteiger partial charge in [0, 0.05) is 20.5 Å². The fourth-order valence-corrected chi connectivity index (χ4v) is 4.96. The second-order valence-electron chi connectivity index (χ2n) is 10.1. The molecule has 2 aromatic rings. The van der Waals surface area contributed by atoms with Gasteiger partial charge in [-0.3, -0.25) is 4.57 Å². The van der Waals surface area contributed by atoms with E-state index < -0.39 is 17.0 Å². The number of unbranched alkanes of at least 4 members (excludes halogenated alkanes) is 10. The fourth-order valence-electron chi connectivity index (χ4n) is 4.11. The molecule has 0 amide bonds. The molecule has 2 aromatic heterocycles. The Balaban J connectivity index is 1.85. The zero-order chi connectivity index (χ0) is 31.8. The number of anilines is 2. The number of nitrogens with one attached hydrogen (secondary N) is 2. The molecular formula is C29H50N6O7S2. The van der Waals surface area contributed by atoms with Crippen LogP contribution in [0.2, 0.25) is 0 Å². The molecule has 13 nitrogen and oxygen atoms in total. The third-order valence-corrected chi connectivity index (χ3v) is 7.55. The van der Waals surface area contributed by atoms with Crippen molar-refractivity contribution in [1.82, 2.24) is 19.5 Å². The third kappa shape index (κ3) is 15.1. The Labute approximate surface area is 270 Å². The Morgan fingerprint density at radius 1 is 0.773 bits per heavy atom. The molecule has 15 heteroatoms. The van der Waals surface area contributed by atoms with Gasteiger partial charge in [0.15, 0.2) is 17.0 Å². The summed E-state index contributed by atoms with van der Waals surface area (Å²) in [5.74, 6) is 0.858. The van der Waals surface area contributed by atoms with Crippen LogP contribution in [-0.2, 0) is 22.6 Å². The van der Waals surface area contributed by atoms with Gasteiger partial charge in [-0.2, -0.15) is 9.97 Å². The Bertz CT molecular complexity index is 1080. The van der Waals surface area contributed by atoms with E-state index in [1.54, 1.807) is 14.1 Å². The van der Waals surface area contributed by atoms with Crippen molar-refractivity contribution >= 4 is 57.6 Å². The van der Waals surface area contributed by atoms with Crippen LogP contribution in [0.5, 0.6) is 0 Å². The molecule has 1 atom stereocenters. The van der Waals surface area contributed by atoms with Crippen molar-refractivity contribution in [3.63, 3.8) is 0 Å². The molecule has 0 spiro atoms. The smallest absolute Gasteiger partial charge is 0.398 e. The summed E-state index contributed by atoms with van der Waals surface area (Å²) in [6.07, 6.45) is 14.3. The second-order valence-corrected chi connectivity index (χ2v) is 11.5. The highest BCUT2D eigenvalue weighted by atomic mass is 32.2. The third-order valence-electron chi connectivity index (χ3n) is 6.49. The molecule has 0 bridgehead atoms. The van der Waals surface area contributed by atoms with Crippen LogP contribution < -0.4 is 10.6 Å². The van der Waals surface area contributed by atoms with E-state index in [-0.39, 0.29) is 13.2 Å². The van der Waals surface area contributed by atoms with Gasteiger partial charge in [-0.05, 0) is 12.8 Å². The number of carbonyl (C=O) groups excluding carboxylic acids is 2. The van der Waals surface area contributed by atoms with Gasteiger partial charge < -0.3 is 33.2 Å². The minimum atomic E-state index is -1.19. The molecule has 250 valence electrons. The molecule has 0 aliphatic carbocycles. The zero-order valence-corrected chi connectivity index (χ0v) is 28.3. The van der Waals surface area contributed by atoms with Gasteiger partial charge in [0.1, 0.15) is 30.4 Å². The number of rotatable bonds is 25. The molecule has 2 N–H and O–H groups in total. The summed E-state index contributed by atoms with van der Waals surface area (Å²) in [6, 6.07) is 0. The van der Waals surface area contributed by atoms with E-state index in [2.05, 4.69) is 39.4 Å². The Morgan fingerprint density at radius 2 is 1.39 bits per heavy atom. The average molecular weight is 659 g/mol. The first-order valence-electron chi connectivity index (χ1n) is 15.7. The van der Waals surface area contributed by atoms with E-state index in [4.69, 9.17) is 22.6 Å². The number of fused-ring (bicyclic) bond motifs is 1. The quantitative estimate of drug-likeness (QED) is 0.0458. The molecule has 0 saturated carbocycles. The standard InChI is InChI=1S/C29H50N6O7S2/c1-5-7-9-11-13-15-20-40-43-28(36)39-19-17-18-38-27(42-29(37)44-41-21-16-14-12-10-8-6-2)35-22-32-23-24(30-3)33-26(31-4)34-25(23)35/h22,27H,5-21H2,1-4H3,(H2,30,31,33,34). The first-order valence-corrected chi connectivity index (χ1v) is 17.2. The number of hydrogen-bond acceptors (Lipinski definition) is 14. The van der Waals surface area contributed by atoms with Gasteiger partial charge in [-0.1, -0.05) is 78.1 Å². The molecule has 44 heavy (non-hydrogen) atoms. The topological polar surface area (TPSA) is 148 Å². The van der Waals surface area contributed by atoms with Crippen LogP contribution >= 0.6 is 24.1 Å². The van der Waals surface area contributed by atoms with Crippen molar-refractivity contribution in [3.05, 3.63) is 6.33 Å². The number of nitrogens with zero attached hydrogens (tertiary/aromatic N) is 4. The molecule has 2 heterocycles. The van der Waals surface area contributed by atoms with Crippen LogP contribution in [0, 0.1) is 0 Å². The lowest BCUT2D eigenvalue weighted by atomic mass is 10.1. The molecule has 0 radical (unpaired) electrons. The highest BCUT2D eigenvalue weighted by Gasteiger charge is 2.23. The molecular weight excluding hydrogens is 608 g/mol. The summed E-state index contributed by atoms with van der Waals surface area (Å²) >= 11 is 1.35. The predicted octanol–water partition coefficient (Wildman–Crippen LogP) is 8.10. The van der Waals surface area contributed by atoms with Crippen molar-refractivity contribution in [2.24, 2.45) is 0 Å². The summed E-state index contributed by atoms with van der Waals surface area (Å²) in [5, 5.41) is 4.74. The lowest BCUT2D eigenvalue weighted by Crippen LogP contribution is -2.20. The van der Waals surface area contributed by atoms with Gasteiger partial charge in [0.05, 0.1) is 26.4 Å². The van der Waals surface area contributed by atoms with Gasteiger partial charge in [0.25, 0.3) is 6.41 Å². The summed E-state index contributed by atoms with van der Waals surface area (Å²) < 4.78 is 29.1. The monoisotopic (exact) mass is 658 g/mol. The molecule has 0 fully saturated rings. The van der Waals surface area contributed by atoms with Gasteiger partial charge in [-0.15, -0.1) is 0 Å². The summed E-state index contributed by atoms with van der Waals surface area (Å²) in [5.41, 5.74) is 0.880. The van der Waals surface area contributed by atoms with Gasteiger partial charge in [0.2, 0.25) is 5.95 Å².